The van der Waals surface area contributed by atoms with Gasteiger partial charge in [-0.2, -0.15) is 0 Å². The maximum absolute atomic E-state index is 14.0. The molecule has 1 fully saturated rings. The molecule has 2 rings (SSSR count). The number of hydrogen-bond acceptors (Lipinski definition) is 3. The summed E-state index contributed by atoms with van der Waals surface area (Å²) in [4.78, 5) is 2.14. The highest BCUT2D eigenvalue weighted by Crippen LogP contribution is 2.26. The molecule has 2 unspecified atom stereocenters. The normalized spacial score (nSPS) is 21.1. The van der Waals surface area contributed by atoms with Crippen molar-refractivity contribution < 1.29 is 9.13 Å². The van der Waals surface area contributed by atoms with E-state index in [9.17, 15) is 4.39 Å². The third-order valence-corrected chi connectivity index (χ3v) is 4.37. The van der Waals surface area contributed by atoms with Crippen LogP contribution in [0, 0.1) is 11.7 Å². The minimum absolute atomic E-state index is 0.102. The lowest BCUT2D eigenvalue weighted by atomic mass is 9.99. The van der Waals surface area contributed by atoms with Gasteiger partial charge in [-0.3, -0.25) is 4.90 Å². The zero-order chi connectivity index (χ0) is 14.5. The van der Waals surface area contributed by atoms with E-state index in [1.165, 1.54) is 12.5 Å². The number of halogens is 2. The van der Waals surface area contributed by atoms with Gasteiger partial charge in [0, 0.05) is 35.8 Å². The first-order valence-corrected chi connectivity index (χ1v) is 7.84. The maximum Gasteiger partial charge on any atom is 0.128 e. The zero-order valence-electron chi connectivity index (χ0n) is 11.8. The number of hydrogen-bond donors (Lipinski definition) is 1. The van der Waals surface area contributed by atoms with Crippen LogP contribution in [0.15, 0.2) is 22.7 Å². The molecule has 1 heterocycles. The lowest BCUT2D eigenvalue weighted by Gasteiger charge is -2.32. The molecule has 0 aliphatic carbocycles. The van der Waals surface area contributed by atoms with Gasteiger partial charge in [-0.1, -0.05) is 15.9 Å². The Bertz CT molecular complexity index is 438. The minimum Gasteiger partial charge on any atom is -0.381 e. The summed E-state index contributed by atoms with van der Waals surface area (Å²) in [6.07, 6.45) is 2.28. The third-order valence-electron chi connectivity index (χ3n) is 3.87. The summed E-state index contributed by atoms with van der Waals surface area (Å²) in [7, 11) is 2.01. The van der Waals surface area contributed by atoms with E-state index in [1.807, 2.05) is 13.1 Å². The fourth-order valence-electron chi connectivity index (χ4n) is 2.80. The Kier molecular flexibility index (Phi) is 5.96. The molecule has 2 N–H and O–H groups in total. The van der Waals surface area contributed by atoms with Crippen molar-refractivity contribution in [2.24, 2.45) is 11.7 Å². The second-order valence-electron chi connectivity index (χ2n) is 5.44. The standard InChI is InChI=1S/C15H22BrFN2O/c1-19(9-11-3-2-6-20-10-11)15(8-18)13-7-12(16)4-5-14(13)17/h4-5,7,11,15H,2-3,6,8-10,18H2,1H3. The molecule has 1 aliphatic rings. The van der Waals surface area contributed by atoms with E-state index in [2.05, 4.69) is 20.8 Å². The summed E-state index contributed by atoms with van der Waals surface area (Å²) in [5.41, 5.74) is 6.53. The van der Waals surface area contributed by atoms with Gasteiger partial charge in [-0.15, -0.1) is 0 Å². The fraction of sp³-hybridized carbons (Fsp3) is 0.600. The molecule has 1 saturated heterocycles. The van der Waals surface area contributed by atoms with Crippen molar-refractivity contribution >= 4 is 15.9 Å². The second kappa shape index (κ2) is 7.50. The molecule has 1 aliphatic heterocycles. The number of nitrogens with two attached hydrogens (primary N) is 1. The summed E-state index contributed by atoms with van der Waals surface area (Å²) in [5.74, 6) is 0.313. The van der Waals surface area contributed by atoms with Crippen molar-refractivity contribution in [2.75, 3.05) is 33.4 Å². The molecule has 112 valence electrons. The molecule has 0 radical (unpaired) electrons. The van der Waals surface area contributed by atoms with Gasteiger partial charge in [-0.05, 0) is 44.0 Å². The van der Waals surface area contributed by atoms with E-state index in [0.29, 0.717) is 18.0 Å². The first kappa shape index (κ1) is 15.9. The number of rotatable bonds is 5. The summed E-state index contributed by atoms with van der Waals surface area (Å²) >= 11 is 3.40. The SMILES string of the molecule is CN(CC1CCCOC1)C(CN)c1cc(Br)ccc1F. The topological polar surface area (TPSA) is 38.5 Å². The fourth-order valence-corrected chi connectivity index (χ4v) is 3.18. The number of likely N-dealkylation sites (N-methyl/N-ethyl adjacent to an activating group) is 1. The van der Waals surface area contributed by atoms with Crippen LogP contribution in [0.25, 0.3) is 0 Å². The molecule has 20 heavy (non-hydrogen) atoms. The van der Waals surface area contributed by atoms with Gasteiger partial charge in [0.2, 0.25) is 0 Å². The van der Waals surface area contributed by atoms with E-state index in [0.717, 1.165) is 30.7 Å². The Labute approximate surface area is 128 Å². The lowest BCUT2D eigenvalue weighted by Crippen LogP contribution is -2.37. The molecule has 5 heteroatoms. The van der Waals surface area contributed by atoms with Crippen LogP contribution in [-0.2, 0) is 4.74 Å². The Morgan fingerprint density at radius 1 is 1.55 bits per heavy atom. The van der Waals surface area contributed by atoms with Gasteiger partial charge in [0.15, 0.2) is 0 Å². The molecule has 1 aromatic carbocycles. The van der Waals surface area contributed by atoms with Crippen molar-refractivity contribution in [3.05, 3.63) is 34.1 Å². The van der Waals surface area contributed by atoms with Crippen LogP contribution in [-0.4, -0.2) is 38.3 Å². The lowest BCUT2D eigenvalue weighted by molar-refractivity contribution is 0.0363. The summed E-state index contributed by atoms with van der Waals surface area (Å²) in [6.45, 7) is 2.94. The van der Waals surface area contributed by atoms with Crippen molar-refractivity contribution in [1.29, 1.82) is 0 Å². The first-order valence-electron chi connectivity index (χ1n) is 7.04. The zero-order valence-corrected chi connectivity index (χ0v) is 13.4. The van der Waals surface area contributed by atoms with Gasteiger partial charge < -0.3 is 10.5 Å². The van der Waals surface area contributed by atoms with Crippen LogP contribution in [0.5, 0.6) is 0 Å². The average Bonchev–Trinajstić information content (AvgIpc) is 2.44. The molecule has 0 spiro atoms. The molecule has 0 aromatic heterocycles. The summed E-state index contributed by atoms with van der Waals surface area (Å²) in [5, 5.41) is 0. The van der Waals surface area contributed by atoms with Gasteiger partial charge >= 0.3 is 0 Å². The highest BCUT2D eigenvalue weighted by atomic mass is 79.9. The van der Waals surface area contributed by atoms with Gasteiger partial charge in [-0.25, -0.2) is 4.39 Å². The van der Waals surface area contributed by atoms with E-state index in [1.54, 1.807) is 6.07 Å². The van der Waals surface area contributed by atoms with E-state index in [-0.39, 0.29) is 11.9 Å². The molecule has 0 amide bonds. The highest BCUT2D eigenvalue weighted by molar-refractivity contribution is 9.10. The Morgan fingerprint density at radius 2 is 2.35 bits per heavy atom. The summed E-state index contributed by atoms with van der Waals surface area (Å²) in [6, 6.07) is 4.91. The van der Waals surface area contributed by atoms with Crippen LogP contribution in [0.4, 0.5) is 4.39 Å². The minimum atomic E-state index is -0.199. The van der Waals surface area contributed by atoms with Crippen LogP contribution in [0.3, 0.4) is 0 Å². The Hall–Kier alpha value is -0.490. The Morgan fingerprint density at radius 3 is 3.00 bits per heavy atom. The third kappa shape index (κ3) is 4.01. The first-order chi connectivity index (χ1) is 9.61. The van der Waals surface area contributed by atoms with Crippen LogP contribution < -0.4 is 5.73 Å². The van der Waals surface area contributed by atoms with Crippen LogP contribution in [0.2, 0.25) is 0 Å². The summed E-state index contributed by atoms with van der Waals surface area (Å²) < 4.78 is 20.4. The van der Waals surface area contributed by atoms with Gasteiger partial charge in [0.05, 0.1) is 6.61 Å². The molecular weight excluding hydrogens is 323 g/mol. The largest absolute Gasteiger partial charge is 0.381 e. The predicted molar refractivity (Wildman–Crippen MR) is 82.1 cm³/mol. The van der Waals surface area contributed by atoms with Gasteiger partial charge in [0.1, 0.15) is 5.82 Å². The van der Waals surface area contributed by atoms with Gasteiger partial charge in [0.25, 0.3) is 0 Å². The highest BCUT2D eigenvalue weighted by Gasteiger charge is 2.23. The number of nitrogens with zero attached hydrogens (tertiary/aromatic N) is 1. The average molecular weight is 345 g/mol. The molecule has 1 aromatic rings. The van der Waals surface area contributed by atoms with E-state index < -0.39 is 0 Å². The number of ether oxygens (including phenoxy) is 1. The number of benzene rings is 1. The monoisotopic (exact) mass is 344 g/mol. The van der Waals surface area contributed by atoms with Crippen molar-refractivity contribution in [3.8, 4) is 0 Å². The maximum atomic E-state index is 14.0. The quantitative estimate of drug-likeness (QED) is 0.892. The van der Waals surface area contributed by atoms with E-state index >= 15 is 0 Å². The molecule has 2 atom stereocenters. The second-order valence-corrected chi connectivity index (χ2v) is 6.36. The van der Waals surface area contributed by atoms with Crippen molar-refractivity contribution in [2.45, 2.75) is 18.9 Å². The Balaban J connectivity index is 2.07. The smallest absolute Gasteiger partial charge is 0.128 e. The van der Waals surface area contributed by atoms with Crippen molar-refractivity contribution in [3.63, 3.8) is 0 Å². The van der Waals surface area contributed by atoms with Crippen LogP contribution >= 0.6 is 15.9 Å². The molecule has 0 saturated carbocycles. The molecular formula is C15H22BrFN2O. The van der Waals surface area contributed by atoms with Crippen molar-refractivity contribution in [1.82, 2.24) is 4.90 Å². The predicted octanol–water partition coefficient (Wildman–Crippen LogP) is 2.95. The molecule has 0 bridgehead atoms. The van der Waals surface area contributed by atoms with E-state index in [4.69, 9.17) is 10.5 Å². The van der Waals surface area contributed by atoms with Crippen LogP contribution in [0.1, 0.15) is 24.4 Å². The molecule has 3 nitrogen and oxygen atoms in total.